The molecule has 8 heteroatoms. The SMILES string of the molecule is CNc1cc(C)nc(C2(C)CCCN(C(=O)c3ccc(OC)c(OCc4ccccn4)c3)C2)n1. The van der Waals surface area contributed by atoms with Gasteiger partial charge in [-0.05, 0) is 50.1 Å². The van der Waals surface area contributed by atoms with Crippen LogP contribution in [0.25, 0.3) is 0 Å². The Labute approximate surface area is 200 Å². The van der Waals surface area contributed by atoms with Crippen LogP contribution in [0, 0.1) is 6.92 Å². The van der Waals surface area contributed by atoms with Crippen LogP contribution in [0.1, 0.15) is 47.3 Å². The summed E-state index contributed by atoms with van der Waals surface area (Å²) in [4.78, 5) is 29.1. The van der Waals surface area contributed by atoms with Crippen molar-refractivity contribution in [3.05, 3.63) is 71.4 Å². The Bertz CT molecular complexity index is 1150. The second-order valence-electron chi connectivity index (χ2n) is 8.83. The quantitative estimate of drug-likeness (QED) is 0.569. The molecule has 34 heavy (non-hydrogen) atoms. The van der Waals surface area contributed by atoms with E-state index < -0.39 is 0 Å². The van der Waals surface area contributed by atoms with E-state index in [1.54, 1.807) is 31.5 Å². The molecule has 1 amide bonds. The molecule has 1 N–H and O–H groups in total. The van der Waals surface area contributed by atoms with Crippen molar-refractivity contribution in [1.29, 1.82) is 0 Å². The summed E-state index contributed by atoms with van der Waals surface area (Å²) < 4.78 is 11.4. The lowest BCUT2D eigenvalue weighted by atomic mass is 9.80. The van der Waals surface area contributed by atoms with E-state index in [0.29, 0.717) is 30.2 Å². The van der Waals surface area contributed by atoms with Gasteiger partial charge in [-0.3, -0.25) is 9.78 Å². The molecule has 2 aromatic heterocycles. The van der Waals surface area contributed by atoms with E-state index >= 15 is 0 Å². The summed E-state index contributed by atoms with van der Waals surface area (Å²) in [6, 6.07) is 12.9. The second-order valence-corrected chi connectivity index (χ2v) is 8.83. The normalized spacial score (nSPS) is 17.8. The molecule has 1 unspecified atom stereocenters. The first-order valence-electron chi connectivity index (χ1n) is 11.5. The lowest BCUT2D eigenvalue weighted by Crippen LogP contribution is -2.48. The van der Waals surface area contributed by atoms with E-state index in [-0.39, 0.29) is 17.9 Å². The fourth-order valence-corrected chi connectivity index (χ4v) is 4.30. The van der Waals surface area contributed by atoms with Gasteiger partial charge in [-0.15, -0.1) is 0 Å². The Morgan fingerprint density at radius 1 is 1.18 bits per heavy atom. The van der Waals surface area contributed by atoms with Crippen LogP contribution in [-0.4, -0.2) is 53.0 Å². The molecule has 178 valence electrons. The summed E-state index contributed by atoms with van der Waals surface area (Å²) in [6.07, 6.45) is 3.53. The number of nitrogens with one attached hydrogen (secondary N) is 1. The maximum atomic E-state index is 13.5. The molecule has 3 heterocycles. The monoisotopic (exact) mass is 461 g/mol. The zero-order chi connectivity index (χ0) is 24.1. The van der Waals surface area contributed by atoms with Crippen molar-refractivity contribution in [3.63, 3.8) is 0 Å². The van der Waals surface area contributed by atoms with Gasteiger partial charge in [0.25, 0.3) is 5.91 Å². The number of pyridine rings is 1. The van der Waals surface area contributed by atoms with Crippen LogP contribution < -0.4 is 14.8 Å². The highest BCUT2D eigenvalue weighted by molar-refractivity contribution is 5.95. The van der Waals surface area contributed by atoms with E-state index in [0.717, 1.165) is 35.9 Å². The number of carbonyl (C=O) groups is 1. The number of likely N-dealkylation sites (tertiary alicyclic amines) is 1. The zero-order valence-electron chi connectivity index (χ0n) is 20.2. The van der Waals surface area contributed by atoms with Gasteiger partial charge in [0.15, 0.2) is 11.5 Å². The minimum Gasteiger partial charge on any atom is -0.493 e. The second kappa shape index (κ2) is 10.1. The number of hydrogen-bond donors (Lipinski definition) is 1. The van der Waals surface area contributed by atoms with Crippen LogP contribution >= 0.6 is 0 Å². The zero-order valence-corrected chi connectivity index (χ0v) is 20.2. The lowest BCUT2D eigenvalue weighted by Gasteiger charge is -2.39. The summed E-state index contributed by atoms with van der Waals surface area (Å²) in [5.74, 6) is 2.60. The number of piperidine rings is 1. The lowest BCUT2D eigenvalue weighted by molar-refractivity contribution is 0.0643. The molecular formula is C26H31N5O3. The molecule has 1 aliphatic rings. The average Bonchev–Trinajstić information content (AvgIpc) is 2.87. The summed E-state index contributed by atoms with van der Waals surface area (Å²) in [7, 11) is 3.43. The van der Waals surface area contributed by atoms with Gasteiger partial charge >= 0.3 is 0 Å². The highest BCUT2D eigenvalue weighted by atomic mass is 16.5. The predicted octanol–water partition coefficient (Wildman–Crippen LogP) is 4.00. The standard InChI is InChI=1S/C26H31N5O3/c1-18-14-23(27-3)30-25(29-18)26(2)11-7-13-31(17-26)24(32)19-9-10-21(33-4)22(15-19)34-16-20-8-5-6-12-28-20/h5-6,8-10,12,14-15H,7,11,13,16-17H2,1-4H3,(H,27,29,30). The molecule has 0 spiro atoms. The molecule has 1 fully saturated rings. The van der Waals surface area contributed by atoms with E-state index in [9.17, 15) is 4.79 Å². The van der Waals surface area contributed by atoms with Gasteiger partial charge in [0.1, 0.15) is 18.2 Å². The number of aryl methyl sites for hydroxylation is 1. The minimum absolute atomic E-state index is 0.0437. The van der Waals surface area contributed by atoms with Gasteiger partial charge in [0.05, 0.1) is 12.8 Å². The Morgan fingerprint density at radius 2 is 2.03 bits per heavy atom. The summed E-state index contributed by atoms with van der Waals surface area (Å²) >= 11 is 0. The van der Waals surface area contributed by atoms with Crippen molar-refractivity contribution >= 4 is 11.7 Å². The van der Waals surface area contributed by atoms with E-state index in [4.69, 9.17) is 19.4 Å². The van der Waals surface area contributed by atoms with Crippen molar-refractivity contribution in [2.75, 3.05) is 32.6 Å². The Hall–Kier alpha value is -3.68. The summed E-state index contributed by atoms with van der Waals surface area (Å²) in [5, 5.41) is 3.10. The third-order valence-electron chi connectivity index (χ3n) is 6.15. The molecule has 1 saturated heterocycles. The van der Waals surface area contributed by atoms with Crippen LogP contribution in [0.5, 0.6) is 11.5 Å². The third-order valence-corrected chi connectivity index (χ3v) is 6.15. The maximum absolute atomic E-state index is 13.5. The van der Waals surface area contributed by atoms with Gasteiger partial charge in [-0.1, -0.05) is 13.0 Å². The Kier molecular flexibility index (Phi) is 6.95. The summed E-state index contributed by atoms with van der Waals surface area (Å²) in [5.41, 5.74) is 1.94. The smallest absolute Gasteiger partial charge is 0.254 e. The molecular weight excluding hydrogens is 430 g/mol. The number of hydrogen-bond acceptors (Lipinski definition) is 7. The van der Waals surface area contributed by atoms with Crippen LogP contribution in [0.4, 0.5) is 5.82 Å². The first-order chi connectivity index (χ1) is 16.4. The first-order valence-corrected chi connectivity index (χ1v) is 11.5. The van der Waals surface area contributed by atoms with Gasteiger partial charge < -0.3 is 19.7 Å². The molecule has 1 atom stereocenters. The van der Waals surface area contributed by atoms with Crippen LogP contribution in [-0.2, 0) is 12.0 Å². The Morgan fingerprint density at radius 3 is 2.76 bits per heavy atom. The van der Waals surface area contributed by atoms with Crippen LogP contribution in [0.3, 0.4) is 0 Å². The number of ether oxygens (including phenoxy) is 2. The number of carbonyl (C=O) groups excluding carboxylic acids is 1. The highest BCUT2D eigenvalue weighted by Gasteiger charge is 2.37. The number of amides is 1. The number of rotatable bonds is 7. The van der Waals surface area contributed by atoms with Crippen molar-refractivity contribution in [1.82, 2.24) is 19.9 Å². The van der Waals surface area contributed by atoms with Crippen molar-refractivity contribution in [2.45, 2.75) is 38.7 Å². The average molecular weight is 462 g/mol. The molecule has 0 aliphatic carbocycles. The summed E-state index contributed by atoms with van der Waals surface area (Å²) in [6.45, 7) is 5.63. The number of benzene rings is 1. The molecule has 4 rings (SSSR count). The molecule has 0 radical (unpaired) electrons. The maximum Gasteiger partial charge on any atom is 0.254 e. The topological polar surface area (TPSA) is 89.5 Å². The van der Waals surface area contributed by atoms with Crippen molar-refractivity contribution in [3.8, 4) is 11.5 Å². The predicted molar refractivity (Wildman–Crippen MR) is 130 cm³/mol. The van der Waals surface area contributed by atoms with Gasteiger partial charge in [-0.25, -0.2) is 9.97 Å². The van der Waals surface area contributed by atoms with Gasteiger partial charge in [0.2, 0.25) is 0 Å². The molecule has 8 nitrogen and oxygen atoms in total. The largest absolute Gasteiger partial charge is 0.493 e. The van der Waals surface area contributed by atoms with Crippen molar-refractivity contribution < 1.29 is 14.3 Å². The van der Waals surface area contributed by atoms with E-state index in [1.165, 1.54) is 0 Å². The number of nitrogens with zero attached hydrogens (tertiary/aromatic N) is 4. The molecule has 0 saturated carbocycles. The minimum atomic E-state index is -0.323. The highest BCUT2D eigenvalue weighted by Crippen LogP contribution is 2.34. The van der Waals surface area contributed by atoms with E-state index in [2.05, 4.69) is 17.2 Å². The number of aromatic nitrogens is 3. The van der Waals surface area contributed by atoms with E-state index in [1.807, 2.05) is 43.1 Å². The number of anilines is 1. The fraction of sp³-hybridized carbons (Fsp3) is 0.385. The molecule has 3 aromatic rings. The molecule has 1 aromatic carbocycles. The molecule has 0 bridgehead atoms. The van der Waals surface area contributed by atoms with Crippen LogP contribution in [0.15, 0.2) is 48.7 Å². The van der Waals surface area contributed by atoms with Gasteiger partial charge in [-0.2, -0.15) is 0 Å². The first kappa shape index (κ1) is 23.5. The fourth-order valence-electron chi connectivity index (χ4n) is 4.30. The molecule has 1 aliphatic heterocycles. The number of methoxy groups -OCH3 is 1. The van der Waals surface area contributed by atoms with Crippen molar-refractivity contribution in [2.24, 2.45) is 0 Å². The van der Waals surface area contributed by atoms with Crippen LogP contribution in [0.2, 0.25) is 0 Å². The third kappa shape index (κ3) is 5.11. The van der Waals surface area contributed by atoms with Gasteiger partial charge in [0, 0.05) is 49.1 Å². The Balaban J connectivity index is 1.54.